The number of carbonyl (C=O) groups is 2. The minimum Gasteiger partial charge on any atom is -0.466 e. The van der Waals surface area contributed by atoms with Crippen LogP contribution in [0.4, 0.5) is 5.69 Å². The van der Waals surface area contributed by atoms with E-state index in [2.05, 4.69) is 10.2 Å². The van der Waals surface area contributed by atoms with Crippen molar-refractivity contribution in [3.8, 4) is 0 Å². The van der Waals surface area contributed by atoms with Crippen molar-refractivity contribution in [2.45, 2.75) is 18.5 Å². The van der Waals surface area contributed by atoms with Gasteiger partial charge in [0, 0.05) is 19.8 Å². The van der Waals surface area contributed by atoms with Gasteiger partial charge in [0.05, 0.1) is 12.4 Å². The number of hydrogen-bond donors (Lipinski definition) is 0. The molecule has 2 rings (SSSR count). The number of nitrogens with zero attached hydrogens (tertiary/aromatic N) is 4. The Morgan fingerprint density at radius 1 is 1.25 bits per heavy atom. The van der Waals surface area contributed by atoms with E-state index in [1.54, 1.807) is 30.5 Å². The minimum atomic E-state index is -0.343. The Labute approximate surface area is 145 Å². The average Bonchev–Trinajstić information content (AvgIpc) is 2.93. The van der Waals surface area contributed by atoms with Gasteiger partial charge >= 0.3 is 5.97 Å². The third kappa shape index (κ3) is 4.58. The number of aromatic nitrogens is 3. The molecule has 0 spiro atoms. The summed E-state index contributed by atoms with van der Waals surface area (Å²) in [5.41, 5.74) is 0.837. The maximum absolute atomic E-state index is 12.3. The molecule has 0 atom stereocenters. The van der Waals surface area contributed by atoms with Crippen molar-refractivity contribution >= 4 is 29.3 Å². The van der Waals surface area contributed by atoms with E-state index in [4.69, 9.17) is 4.74 Å². The summed E-state index contributed by atoms with van der Waals surface area (Å²) in [4.78, 5) is 25.4. The highest BCUT2D eigenvalue weighted by molar-refractivity contribution is 7.99. The molecule has 1 aromatic carbocycles. The summed E-state index contributed by atoms with van der Waals surface area (Å²) in [7, 11) is 3.50. The highest BCUT2D eigenvalue weighted by atomic mass is 32.2. The molecule has 128 valence electrons. The van der Waals surface area contributed by atoms with E-state index in [0.29, 0.717) is 17.6 Å². The number of ether oxygens (including phenoxy) is 1. The zero-order valence-corrected chi connectivity index (χ0v) is 14.7. The predicted molar refractivity (Wildman–Crippen MR) is 91.9 cm³/mol. The fourth-order valence-electron chi connectivity index (χ4n) is 1.98. The molecule has 0 aliphatic carbocycles. The highest BCUT2D eigenvalue weighted by Crippen LogP contribution is 2.18. The zero-order chi connectivity index (χ0) is 17.5. The van der Waals surface area contributed by atoms with Crippen molar-refractivity contribution in [1.29, 1.82) is 0 Å². The molecule has 0 fully saturated rings. The summed E-state index contributed by atoms with van der Waals surface area (Å²) in [6.07, 6.45) is 0.0652. The van der Waals surface area contributed by atoms with E-state index in [9.17, 15) is 9.59 Å². The summed E-state index contributed by atoms with van der Waals surface area (Å²) < 4.78 is 6.61. The summed E-state index contributed by atoms with van der Waals surface area (Å²) in [6, 6.07) is 9.43. The average molecular weight is 348 g/mol. The summed E-state index contributed by atoms with van der Waals surface area (Å²) in [5, 5.41) is 8.60. The smallest absolute Gasteiger partial charge is 0.313 e. The van der Waals surface area contributed by atoms with Crippen molar-refractivity contribution < 1.29 is 14.3 Å². The van der Waals surface area contributed by atoms with Gasteiger partial charge in [-0.05, 0) is 19.1 Å². The van der Waals surface area contributed by atoms with Gasteiger partial charge in [-0.2, -0.15) is 0 Å². The van der Waals surface area contributed by atoms with Crippen LogP contribution in [0.5, 0.6) is 0 Å². The van der Waals surface area contributed by atoms with E-state index in [-0.39, 0.29) is 24.1 Å². The van der Waals surface area contributed by atoms with Gasteiger partial charge in [-0.25, -0.2) is 0 Å². The van der Waals surface area contributed by atoms with Crippen molar-refractivity contribution in [2.75, 3.05) is 24.3 Å². The van der Waals surface area contributed by atoms with Crippen molar-refractivity contribution in [2.24, 2.45) is 7.05 Å². The van der Waals surface area contributed by atoms with Gasteiger partial charge in [0.2, 0.25) is 5.91 Å². The van der Waals surface area contributed by atoms with Crippen LogP contribution in [0.25, 0.3) is 0 Å². The first-order valence-electron chi connectivity index (χ1n) is 7.51. The third-order valence-electron chi connectivity index (χ3n) is 3.38. The molecule has 7 nitrogen and oxygen atoms in total. The van der Waals surface area contributed by atoms with Gasteiger partial charge in [-0.3, -0.25) is 9.59 Å². The lowest BCUT2D eigenvalue weighted by Gasteiger charge is -2.16. The van der Waals surface area contributed by atoms with Crippen LogP contribution < -0.4 is 4.90 Å². The highest BCUT2D eigenvalue weighted by Gasteiger charge is 2.16. The number of carbonyl (C=O) groups excluding carboxylic acids is 2. The van der Waals surface area contributed by atoms with Gasteiger partial charge in [0.25, 0.3) is 0 Å². The van der Waals surface area contributed by atoms with Gasteiger partial charge in [-0.15, -0.1) is 10.2 Å². The van der Waals surface area contributed by atoms with E-state index in [0.717, 1.165) is 5.69 Å². The Hall–Kier alpha value is -2.35. The molecule has 2 aromatic rings. The van der Waals surface area contributed by atoms with Crippen LogP contribution in [0, 0.1) is 0 Å². The molecule has 0 N–H and O–H groups in total. The first-order valence-corrected chi connectivity index (χ1v) is 8.49. The predicted octanol–water partition coefficient (Wildman–Crippen LogP) is 1.68. The fraction of sp³-hybridized carbons (Fsp3) is 0.375. The number of amides is 1. The molecular formula is C16H20N4O3S. The fourth-order valence-corrected chi connectivity index (χ4v) is 2.83. The van der Waals surface area contributed by atoms with Crippen molar-refractivity contribution in [1.82, 2.24) is 14.8 Å². The number of rotatable bonds is 7. The molecule has 1 aromatic heterocycles. The van der Waals surface area contributed by atoms with Crippen LogP contribution in [0.2, 0.25) is 0 Å². The lowest BCUT2D eigenvalue weighted by atomic mass is 10.3. The quantitative estimate of drug-likeness (QED) is 0.560. The Morgan fingerprint density at radius 3 is 2.62 bits per heavy atom. The lowest BCUT2D eigenvalue weighted by Crippen LogP contribution is -2.27. The number of hydrogen-bond acceptors (Lipinski definition) is 6. The van der Waals surface area contributed by atoms with Crippen LogP contribution >= 0.6 is 11.8 Å². The first-order chi connectivity index (χ1) is 11.5. The van der Waals surface area contributed by atoms with Crippen LogP contribution in [0.15, 0.2) is 35.5 Å². The molecular weight excluding hydrogens is 328 g/mol. The van der Waals surface area contributed by atoms with Crippen LogP contribution in [0.1, 0.15) is 12.7 Å². The summed E-state index contributed by atoms with van der Waals surface area (Å²) in [6.45, 7) is 2.09. The monoisotopic (exact) mass is 348 g/mol. The molecule has 24 heavy (non-hydrogen) atoms. The molecule has 0 aliphatic heterocycles. The van der Waals surface area contributed by atoms with Crippen LogP contribution in [-0.4, -0.2) is 46.0 Å². The third-order valence-corrected chi connectivity index (χ3v) is 4.38. The second-order valence-electron chi connectivity index (χ2n) is 5.02. The number of benzene rings is 1. The molecule has 0 unspecified atom stereocenters. The van der Waals surface area contributed by atoms with Crippen LogP contribution in [0.3, 0.4) is 0 Å². The molecule has 8 heteroatoms. The van der Waals surface area contributed by atoms with Crippen molar-refractivity contribution in [3.63, 3.8) is 0 Å². The SMILES string of the molecule is CCOC(=O)Cc1nnc(SCC(=O)N(C)c2ccccc2)n1C. The molecule has 0 aliphatic rings. The first kappa shape index (κ1) is 18.0. The molecule has 1 heterocycles. The van der Waals surface area contributed by atoms with Gasteiger partial charge in [0.1, 0.15) is 12.2 Å². The minimum absolute atomic E-state index is 0.0406. The largest absolute Gasteiger partial charge is 0.466 e. The number of anilines is 1. The van der Waals surface area contributed by atoms with E-state index < -0.39 is 0 Å². The maximum Gasteiger partial charge on any atom is 0.313 e. The molecule has 0 saturated heterocycles. The maximum atomic E-state index is 12.3. The number of para-hydroxylation sites is 1. The summed E-state index contributed by atoms with van der Waals surface area (Å²) >= 11 is 1.29. The molecule has 0 radical (unpaired) electrons. The zero-order valence-electron chi connectivity index (χ0n) is 13.9. The Kier molecular flexibility index (Phi) is 6.36. The molecule has 0 bridgehead atoms. The lowest BCUT2D eigenvalue weighted by molar-refractivity contribution is -0.142. The Morgan fingerprint density at radius 2 is 1.96 bits per heavy atom. The second-order valence-corrected chi connectivity index (χ2v) is 5.96. The second kappa shape index (κ2) is 8.49. The number of thioether (sulfide) groups is 1. The van der Waals surface area contributed by atoms with E-state index in [1.165, 1.54) is 11.8 Å². The standard InChI is InChI=1S/C16H20N4O3S/c1-4-23-15(22)10-13-17-18-16(20(13)3)24-11-14(21)19(2)12-8-6-5-7-9-12/h5-9H,4,10-11H2,1-3H3. The van der Waals surface area contributed by atoms with E-state index in [1.807, 2.05) is 30.3 Å². The Balaban J connectivity index is 1.93. The number of esters is 1. The molecule has 1 amide bonds. The molecule has 0 saturated carbocycles. The summed E-state index contributed by atoms with van der Waals surface area (Å²) in [5.74, 6) is 0.363. The Bertz CT molecular complexity index is 703. The van der Waals surface area contributed by atoms with E-state index >= 15 is 0 Å². The topological polar surface area (TPSA) is 77.3 Å². The van der Waals surface area contributed by atoms with Crippen molar-refractivity contribution in [3.05, 3.63) is 36.2 Å². The van der Waals surface area contributed by atoms with Gasteiger partial charge in [0.15, 0.2) is 5.16 Å². The van der Waals surface area contributed by atoms with Crippen LogP contribution in [-0.2, 0) is 27.8 Å². The van der Waals surface area contributed by atoms with Gasteiger partial charge < -0.3 is 14.2 Å². The van der Waals surface area contributed by atoms with Gasteiger partial charge in [-0.1, -0.05) is 30.0 Å². The normalized spacial score (nSPS) is 10.5.